The Morgan fingerprint density at radius 3 is 2.59 bits per heavy atom. The quantitative estimate of drug-likeness (QED) is 0.382. The van der Waals surface area contributed by atoms with Crippen molar-refractivity contribution in [1.82, 2.24) is 19.9 Å². The zero-order valence-corrected chi connectivity index (χ0v) is 21.8. The Balaban J connectivity index is 1.48. The number of ether oxygens (including phenoxy) is 1. The van der Waals surface area contributed by atoms with Crippen LogP contribution in [-0.4, -0.2) is 82.4 Å². The highest BCUT2D eigenvalue weighted by atomic mass is 19.2. The molecule has 0 aliphatic carbocycles. The summed E-state index contributed by atoms with van der Waals surface area (Å²) >= 11 is 0. The Labute approximate surface area is 224 Å². The molecule has 208 valence electrons. The second kappa shape index (κ2) is 12.0. The molecule has 1 fully saturated rings. The molecule has 0 spiro atoms. The van der Waals surface area contributed by atoms with Crippen molar-refractivity contribution in [3.05, 3.63) is 65.5 Å². The van der Waals surface area contributed by atoms with Gasteiger partial charge in [0.25, 0.3) is 0 Å². The van der Waals surface area contributed by atoms with Crippen molar-refractivity contribution >= 4 is 24.1 Å². The Kier molecular flexibility index (Phi) is 8.66. The molecule has 1 aromatic heterocycles. The van der Waals surface area contributed by atoms with Gasteiger partial charge in [0.1, 0.15) is 11.5 Å². The van der Waals surface area contributed by atoms with Crippen molar-refractivity contribution in [2.75, 3.05) is 33.3 Å². The highest BCUT2D eigenvalue weighted by Crippen LogP contribution is 2.36. The van der Waals surface area contributed by atoms with Crippen molar-refractivity contribution < 1.29 is 33.0 Å². The summed E-state index contributed by atoms with van der Waals surface area (Å²) in [6.07, 6.45) is 3.56. The maximum Gasteiger partial charge on any atom is 0.362 e. The Hall–Kier alpha value is -3.77. The molecule has 1 aromatic carbocycles. The fraction of sp³-hybridized carbons (Fsp3) is 0.444. The molecule has 2 atom stereocenters. The van der Waals surface area contributed by atoms with E-state index in [2.05, 4.69) is 14.9 Å². The van der Waals surface area contributed by atoms with Gasteiger partial charge in [-0.2, -0.15) is 0 Å². The Morgan fingerprint density at radius 1 is 1.23 bits per heavy atom. The third-order valence-electron chi connectivity index (χ3n) is 7.32. The molecule has 3 amide bonds. The summed E-state index contributed by atoms with van der Waals surface area (Å²) in [5.41, 5.74) is -0.107. The van der Waals surface area contributed by atoms with Crippen LogP contribution in [0.15, 0.2) is 47.6 Å². The number of carbonyl (C=O) groups is 3. The molecule has 10 nitrogen and oxygen atoms in total. The molecule has 2 aliphatic rings. The predicted octanol–water partition coefficient (Wildman–Crippen LogP) is 2.83. The molecule has 39 heavy (non-hydrogen) atoms. The molecule has 4 rings (SSSR count). The van der Waals surface area contributed by atoms with Crippen LogP contribution < -0.4 is 0 Å². The minimum Gasteiger partial charge on any atom is -0.468 e. The van der Waals surface area contributed by atoms with Gasteiger partial charge in [-0.05, 0) is 62.6 Å². The molecule has 12 heteroatoms. The average molecular weight is 544 g/mol. The van der Waals surface area contributed by atoms with Gasteiger partial charge in [-0.1, -0.05) is 12.1 Å². The number of hydrogen-bond acceptors (Lipinski definition) is 7. The number of aliphatic hydroxyl groups is 1. The molecule has 0 bridgehead atoms. The van der Waals surface area contributed by atoms with Gasteiger partial charge in [-0.3, -0.25) is 19.6 Å². The van der Waals surface area contributed by atoms with E-state index in [-0.39, 0.29) is 17.8 Å². The lowest BCUT2D eigenvalue weighted by Gasteiger charge is -2.43. The molecule has 2 aromatic rings. The van der Waals surface area contributed by atoms with Crippen LogP contribution in [0.3, 0.4) is 0 Å². The van der Waals surface area contributed by atoms with E-state index in [1.807, 2.05) is 12.1 Å². The number of hydrogen-bond donors (Lipinski definition) is 1. The summed E-state index contributed by atoms with van der Waals surface area (Å²) in [6.45, 7) is 3.37. The minimum absolute atomic E-state index is 0.0961. The number of aromatic nitrogens is 1. The van der Waals surface area contributed by atoms with Crippen LogP contribution >= 0.6 is 0 Å². The maximum absolute atomic E-state index is 14.2. The van der Waals surface area contributed by atoms with E-state index < -0.39 is 41.2 Å². The van der Waals surface area contributed by atoms with Crippen LogP contribution in [0.4, 0.5) is 13.6 Å². The lowest BCUT2D eigenvalue weighted by molar-refractivity contribution is -0.150. The first-order valence-corrected chi connectivity index (χ1v) is 12.7. The van der Waals surface area contributed by atoms with Crippen molar-refractivity contribution in [2.24, 2.45) is 10.9 Å². The third-order valence-corrected chi connectivity index (χ3v) is 7.32. The standard InChI is InChI=1S/C27H31F2N5O5/c1-18-23(25(36)39-2)24(19-7-8-20(28)21(29)16-19)34(26(37)31-18)33(17-35)13-5-12-32-14-9-27(38,10-15-32)22-6-3-4-11-30-22/h3-4,6-8,11,16-17,23-24,38H,5,9-10,12-15H2,1-2H3. The number of hydrazine groups is 1. The normalized spacial score (nSPS) is 21.3. The van der Waals surface area contributed by atoms with E-state index >= 15 is 0 Å². The molecule has 0 saturated carbocycles. The van der Waals surface area contributed by atoms with Crippen LogP contribution in [-0.2, 0) is 19.9 Å². The van der Waals surface area contributed by atoms with E-state index in [1.165, 1.54) is 20.1 Å². The van der Waals surface area contributed by atoms with E-state index in [0.717, 1.165) is 22.2 Å². The summed E-state index contributed by atoms with van der Waals surface area (Å²) in [5.74, 6) is -4.11. The fourth-order valence-electron chi connectivity index (χ4n) is 5.19. The van der Waals surface area contributed by atoms with Gasteiger partial charge in [-0.15, -0.1) is 0 Å². The molecule has 2 unspecified atom stereocenters. The van der Waals surface area contributed by atoms with Crippen molar-refractivity contribution in [3.63, 3.8) is 0 Å². The van der Waals surface area contributed by atoms with Crippen LogP contribution in [0.25, 0.3) is 0 Å². The molecule has 1 N–H and O–H groups in total. The predicted molar refractivity (Wildman–Crippen MR) is 136 cm³/mol. The second-order valence-electron chi connectivity index (χ2n) is 9.71. The molecular weight excluding hydrogens is 512 g/mol. The summed E-state index contributed by atoms with van der Waals surface area (Å²) in [6, 6.07) is 6.51. The van der Waals surface area contributed by atoms with E-state index in [9.17, 15) is 28.3 Å². The Bertz CT molecular complexity index is 1240. The third kappa shape index (κ3) is 5.96. The van der Waals surface area contributed by atoms with Gasteiger partial charge in [0, 0.05) is 31.5 Å². The van der Waals surface area contributed by atoms with E-state index in [1.54, 1.807) is 12.3 Å². The van der Waals surface area contributed by atoms with Gasteiger partial charge >= 0.3 is 12.0 Å². The van der Waals surface area contributed by atoms with Crippen LogP contribution in [0, 0.1) is 17.6 Å². The SMILES string of the molecule is COC(=O)C1C(C)=NC(=O)N(N(C=O)CCCN2CCC(O)(c3ccccn3)CC2)C1c1ccc(F)c(F)c1. The number of aliphatic imine (C=N–C) groups is 1. The summed E-state index contributed by atoms with van der Waals surface area (Å²) < 4.78 is 32.8. The van der Waals surface area contributed by atoms with Crippen molar-refractivity contribution in [3.8, 4) is 0 Å². The first-order valence-electron chi connectivity index (χ1n) is 12.7. The lowest BCUT2D eigenvalue weighted by atomic mass is 9.87. The largest absolute Gasteiger partial charge is 0.468 e. The smallest absolute Gasteiger partial charge is 0.362 e. The average Bonchev–Trinajstić information content (AvgIpc) is 2.94. The maximum atomic E-state index is 14.2. The highest BCUT2D eigenvalue weighted by molar-refractivity contribution is 6.08. The minimum atomic E-state index is -1.17. The number of esters is 1. The number of likely N-dealkylation sites (tertiary alicyclic amines) is 1. The number of benzene rings is 1. The first-order chi connectivity index (χ1) is 18.7. The number of halogens is 2. The van der Waals surface area contributed by atoms with Gasteiger partial charge in [0.15, 0.2) is 11.6 Å². The number of nitrogens with zero attached hydrogens (tertiary/aromatic N) is 5. The van der Waals surface area contributed by atoms with Crippen LogP contribution in [0.2, 0.25) is 0 Å². The van der Waals surface area contributed by atoms with Crippen molar-refractivity contribution in [1.29, 1.82) is 0 Å². The summed E-state index contributed by atoms with van der Waals surface area (Å²) in [7, 11) is 1.17. The molecule has 1 saturated heterocycles. The van der Waals surface area contributed by atoms with Crippen LogP contribution in [0.5, 0.6) is 0 Å². The molecule has 2 aliphatic heterocycles. The number of pyridine rings is 1. The number of rotatable bonds is 9. The lowest BCUT2D eigenvalue weighted by Crippen LogP contribution is -2.55. The Morgan fingerprint density at radius 2 is 1.97 bits per heavy atom. The van der Waals surface area contributed by atoms with Gasteiger partial charge < -0.3 is 14.7 Å². The molecule has 0 radical (unpaired) electrons. The zero-order chi connectivity index (χ0) is 28.2. The number of amides is 3. The van der Waals surface area contributed by atoms with Gasteiger partial charge in [0.2, 0.25) is 6.41 Å². The first kappa shape index (κ1) is 28.2. The number of piperidine rings is 1. The number of urea groups is 1. The number of carbonyl (C=O) groups excluding carboxylic acids is 3. The zero-order valence-electron chi connectivity index (χ0n) is 21.8. The second-order valence-corrected chi connectivity index (χ2v) is 9.71. The highest BCUT2D eigenvalue weighted by Gasteiger charge is 2.45. The fourth-order valence-corrected chi connectivity index (χ4v) is 5.19. The van der Waals surface area contributed by atoms with Crippen molar-refractivity contribution in [2.45, 2.75) is 37.8 Å². The summed E-state index contributed by atoms with van der Waals surface area (Å²) in [5, 5.41) is 13.1. The van der Waals surface area contributed by atoms with E-state index in [0.29, 0.717) is 51.0 Å². The molecule has 3 heterocycles. The van der Waals surface area contributed by atoms with E-state index in [4.69, 9.17) is 4.74 Å². The summed E-state index contributed by atoms with van der Waals surface area (Å²) in [4.78, 5) is 48.3. The molecular formula is C27H31F2N5O5. The van der Waals surface area contributed by atoms with Gasteiger partial charge in [0.05, 0.1) is 18.8 Å². The van der Waals surface area contributed by atoms with Crippen LogP contribution in [0.1, 0.15) is 43.5 Å². The van der Waals surface area contributed by atoms with Gasteiger partial charge in [-0.25, -0.2) is 23.6 Å². The topological polar surface area (TPSA) is 116 Å². The monoisotopic (exact) mass is 543 g/mol. The number of methoxy groups -OCH3 is 1.